The third-order valence-corrected chi connectivity index (χ3v) is 5.33. The van der Waals surface area contributed by atoms with Gasteiger partial charge in [-0.2, -0.15) is 0 Å². The summed E-state index contributed by atoms with van der Waals surface area (Å²) < 4.78 is 0. The van der Waals surface area contributed by atoms with Crippen LogP contribution in [0.2, 0.25) is 5.02 Å². The molecule has 2 saturated carbocycles. The number of likely N-dealkylation sites (N-methyl/N-ethyl adjacent to an activating group) is 1. The van der Waals surface area contributed by atoms with E-state index in [1.807, 2.05) is 12.1 Å². The lowest BCUT2D eigenvalue weighted by atomic mass is 9.43. The maximum atomic E-state index is 6.43. The zero-order valence-electron chi connectivity index (χ0n) is 11.1. The van der Waals surface area contributed by atoms with Crippen LogP contribution < -0.4 is 5.32 Å². The van der Waals surface area contributed by atoms with Gasteiger partial charge in [-0.3, -0.25) is 0 Å². The third-order valence-electron chi connectivity index (χ3n) is 5.00. The lowest BCUT2D eigenvalue weighted by Crippen LogP contribution is -2.57. The van der Waals surface area contributed by atoms with Gasteiger partial charge in [-0.15, -0.1) is 0 Å². The molecule has 0 radical (unpaired) electrons. The predicted molar refractivity (Wildman–Crippen MR) is 77.2 cm³/mol. The van der Waals surface area contributed by atoms with Gasteiger partial charge in [0, 0.05) is 17.0 Å². The van der Waals surface area contributed by atoms with Gasteiger partial charge in [-0.05, 0) is 49.3 Å². The maximum Gasteiger partial charge on any atom is 0.0444 e. The molecule has 0 atom stereocenters. The van der Waals surface area contributed by atoms with Crippen LogP contribution in [-0.2, 0) is 5.41 Å². The summed E-state index contributed by atoms with van der Waals surface area (Å²) in [5.74, 6) is 0. The Balaban J connectivity index is 1.85. The molecule has 18 heavy (non-hydrogen) atoms. The molecule has 3 rings (SSSR count). The Morgan fingerprint density at radius 2 is 1.94 bits per heavy atom. The van der Waals surface area contributed by atoms with Crippen molar-refractivity contribution >= 4 is 11.6 Å². The highest BCUT2D eigenvalue weighted by atomic mass is 35.5. The van der Waals surface area contributed by atoms with Gasteiger partial charge >= 0.3 is 0 Å². The second-order valence-corrected chi connectivity index (χ2v) is 6.65. The molecule has 0 aliphatic heterocycles. The topological polar surface area (TPSA) is 12.0 Å². The summed E-state index contributed by atoms with van der Waals surface area (Å²) in [6.07, 6.45) is 6.96. The minimum absolute atomic E-state index is 0.300. The molecule has 0 heterocycles. The summed E-state index contributed by atoms with van der Waals surface area (Å²) in [4.78, 5) is 0. The molecule has 1 aromatic rings. The normalized spacial score (nSPS) is 23.4. The van der Waals surface area contributed by atoms with Gasteiger partial charge in [-0.1, -0.05) is 43.1 Å². The molecule has 1 spiro atoms. The smallest absolute Gasteiger partial charge is 0.0444 e. The first kappa shape index (κ1) is 12.5. The van der Waals surface area contributed by atoms with Crippen molar-refractivity contribution in [1.82, 2.24) is 5.32 Å². The summed E-state index contributed by atoms with van der Waals surface area (Å²) in [6, 6.07) is 8.42. The average molecular weight is 264 g/mol. The first-order chi connectivity index (χ1) is 8.70. The largest absolute Gasteiger partial charge is 0.316 e. The quantitative estimate of drug-likeness (QED) is 0.861. The number of rotatable bonds is 4. The third kappa shape index (κ3) is 1.88. The number of halogens is 1. The summed E-state index contributed by atoms with van der Waals surface area (Å²) in [7, 11) is 0. The molecule has 2 heteroatoms. The fourth-order valence-corrected chi connectivity index (χ4v) is 4.42. The molecule has 0 unspecified atom stereocenters. The minimum atomic E-state index is 0.300. The molecule has 2 fully saturated rings. The molecule has 2 aliphatic rings. The van der Waals surface area contributed by atoms with Crippen LogP contribution in [0.15, 0.2) is 24.3 Å². The van der Waals surface area contributed by atoms with E-state index in [1.165, 1.54) is 37.7 Å². The summed E-state index contributed by atoms with van der Waals surface area (Å²) in [5, 5.41) is 4.49. The molecule has 0 saturated heterocycles. The van der Waals surface area contributed by atoms with Crippen LogP contribution in [0, 0.1) is 5.41 Å². The zero-order chi connectivity index (χ0) is 12.6. The fraction of sp³-hybridized carbons (Fsp3) is 0.625. The van der Waals surface area contributed by atoms with Crippen LogP contribution in [0.4, 0.5) is 0 Å². The Hall–Kier alpha value is -0.530. The Bertz CT molecular complexity index is 428. The molecule has 0 aromatic heterocycles. The van der Waals surface area contributed by atoms with Crippen molar-refractivity contribution in [2.45, 2.75) is 44.4 Å². The van der Waals surface area contributed by atoms with Crippen LogP contribution in [0.3, 0.4) is 0 Å². The van der Waals surface area contributed by atoms with E-state index in [0.29, 0.717) is 10.8 Å². The van der Waals surface area contributed by atoms with Gasteiger partial charge in [-0.25, -0.2) is 0 Å². The Morgan fingerprint density at radius 3 is 2.50 bits per heavy atom. The van der Waals surface area contributed by atoms with Gasteiger partial charge < -0.3 is 5.32 Å². The highest BCUT2D eigenvalue weighted by Gasteiger charge is 2.57. The molecule has 98 valence electrons. The van der Waals surface area contributed by atoms with Crippen LogP contribution in [0.25, 0.3) is 0 Å². The maximum absolute atomic E-state index is 6.43. The number of benzene rings is 1. The van der Waals surface area contributed by atoms with E-state index >= 15 is 0 Å². The van der Waals surface area contributed by atoms with E-state index in [2.05, 4.69) is 24.4 Å². The average Bonchev–Trinajstić information content (AvgIpc) is 2.27. The van der Waals surface area contributed by atoms with Gasteiger partial charge in [0.15, 0.2) is 0 Å². The summed E-state index contributed by atoms with van der Waals surface area (Å²) in [6.45, 7) is 4.30. The molecular weight excluding hydrogens is 242 g/mol. The highest BCUT2D eigenvalue weighted by Crippen LogP contribution is 2.65. The monoisotopic (exact) mass is 263 g/mol. The van der Waals surface area contributed by atoms with Crippen LogP contribution in [0.1, 0.15) is 44.6 Å². The van der Waals surface area contributed by atoms with Gasteiger partial charge in [0.1, 0.15) is 0 Å². The van der Waals surface area contributed by atoms with Gasteiger partial charge in [0.2, 0.25) is 0 Å². The van der Waals surface area contributed by atoms with Crippen molar-refractivity contribution in [1.29, 1.82) is 0 Å². The highest BCUT2D eigenvalue weighted by molar-refractivity contribution is 6.31. The van der Waals surface area contributed by atoms with E-state index in [4.69, 9.17) is 11.6 Å². The van der Waals surface area contributed by atoms with Crippen LogP contribution in [0.5, 0.6) is 0 Å². The molecule has 0 bridgehead atoms. The molecule has 1 aromatic carbocycles. The van der Waals surface area contributed by atoms with Crippen molar-refractivity contribution in [3.8, 4) is 0 Å². The second-order valence-electron chi connectivity index (χ2n) is 6.25. The summed E-state index contributed by atoms with van der Waals surface area (Å²) >= 11 is 6.43. The van der Waals surface area contributed by atoms with Crippen molar-refractivity contribution in [3.63, 3.8) is 0 Å². The predicted octanol–water partition coefficient (Wildman–Crippen LogP) is 4.15. The standard InChI is InChI=1S/C16H22ClN/c1-2-18-12-16(10-15(11-16)8-5-9-15)13-6-3-4-7-14(13)17/h3-4,6-7,18H,2,5,8-12H2,1H3. The van der Waals surface area contributed by atoms with Crippen molar-refractivity contribution in [3.05, 3.63) is 34.9 Å². The number of nitrogens with one attached hydrogen (secondary N) is 1. The molecule has 1 nitrogen and oxygen atoms in total. The lowest BCUT2D eigenvalue weighted by molar-refractivity contribution is -0.0480. The minimum Gasteiger partial charge on any atom is -0.316 e. The molecule has 2 aliphatic carbocycles. The van der Waals surface area contributed by atoms with Crippen molar-refractivity contribution in [2.75, 3.05) is 13.1 Å². The van der Waals surface area contributed by atoms with E-state index in [9.17, 15) is 0 Å². The van der Waals surface area contributed by atoms with E-state index in [1.54, 1.807) is 0 Å². The van der Waals surface area contributed by atoms with E-state index in [0.717, 1.165) is 18.1 Å². The van der Waals surface area contributed by atoms with Crippen LogP contribution in [-0.4, -0.2) is 13.1 Å². The van der Waals surface area contributed by atoms with Crippen molar-refractivity contribution < 1.29 is 0 Å². The molecule has 0 amide bonds. The van der Waals surface area contributed by atoms with Gasteiger partial charge in [0.25, 0.3) is 0 Å². The zero-order valence-corrected chi connectivity index (χ0v) is 11.9. The lowest BCUT2D eigenvalue weighted by Gasteiger charge is -2.62. The SMILES string of the molecule is CCNCC1(c2ccccc2Cl)CC2(CCC2)C1. The number of hydrogen-bond acceptors (Lipinski definition) is 1. The second kappa shape index (κ2) is 4.54. The van der Waals surface area contributed by atoms with E-state index < -0.39 is 0 Å². The first-order valence-electron chi connectivity index (χ1n) is 7.16. The van der Waals surface area contributed by atoms with Gasteiger partial charge in [0.05, 0.1) is 0 Å². The molecular formula is C16H22ClN. The first-order valence-corrected chi connectivity index (χ1v) is 7.53. The molecule has 1 N–H and O–H groups in total. The fourth-order valence-electron chi connectivity index (χ4n) is 4.08. The summed E-state index contributed by atoms with van der Waals surface area (Å²) in [5.41, 5.74) is 2.34. The van der Waals surface area contributed by atoms with Crippen molar-refractivity contribution in [2.24, 2.45) is 5.41 Å². The number of hydrogen-bond donors (Lipinski definition) is 1. The Kier molecular flexibility index (Phi) is 3.15. The van der Waals surface area contributed by atoms with E-state index in [-0.39, 0.29) is 0 Å². The Morgan fingerprint density at radius 1 is 1.22 bits per heavy atom. The van der Waals surface area contributed by atoms with Crippen LogP contribution >= 0.6 is 11.6 Å². The Labute approximate surface area is 115 Å².